The molecule has 1 saturated carbocycles. The molecule has 1 amide bonds. The maximum Gasteiger partial charge on any atom is 0.262 e. The van der Waals surface area contributed by atoms with Crippen LogP contribution in [-0.2, 0) is 11.3 Å². The number of likely N-dealkylation sites (N-methyl/N-ethyl adjacent to an activating group) is 1. The van der Waals surface area contributed by atoms with Gasteiger partial charge in [0, 0.05) is 61.3 Å². The molecule has 39 heavy (non-hydrogen) atoms. The number of fused-ring (bicyclic) bond motifs is 1. The van der Waals surface area contributed by atoms with Crippen LogP contribution < -0.4 is 15.8 Å². The lowest BCUT2D eigenvalue weighted by Gasteiger charge is -2.26. The molecule has 1 unspecified atom stereocenters. The quantitative estimate of drug-likeness (QED) is 0.336. The predicted molar refractivity (Wildman–Crippen MR) is 153 cm³/mol. The highest BCUT2D eigenvalue weighted by atomic mass is 35.5. The molecule has 3 aromatic rings. The molecule has 10 heteroatoms. The summed E-state index contributed by atoms with van der Waals surface area (Å²) in [6.45, 7) is 7.99. The van der Waals surface area contributed by atoms with E-state index in [0.29, 0.717) is 46.9 Å². The van der Waals surface area contributed by atoms with E-state index in [-0.39, 0.29) is 30.5 Å². The lowest BCUT2D eigenvalue weighted by atomic mass is 10.1. The molecule has 1 atom stereocenters. The van der Waals surface area contributed by atoms with Gasteiger partial charge in [-0.3, -0.25) is 14.2 Å². The zero-order chi connectivity index (χ0) is 28.3. The molecule has 1 aliphatic rings. The molecule has 210 valence electrons. The third kappa shape index (κ3) is 7.13. The van der Waals surface area contributed by atoms with Gasteiger partial charge >= 0.3 is 0 Å². The highest BCUT2D eigenvalue weighted by Crippen LogP contribution is 2.48. The lowest BCUT2D eigenvalue weighted by molar-refractivity contribution is -0.122. The average molecular weight is 560 g/mol. The van der Waals surface area contributed by atoms with E-state index in [1.54, 1.807) is 36.4 Å². The van der Waals surface area contributed by atoms with Crippen LogP contribution in [0.15, 0.2) is 47.3 Å². The van der Waals surface area contributed by atoms with E-state index in [9.17, 15) is 18.4 Å². The van der Waals surface area contributed by atoms with Crippen molar-refractivity contribution in [2.24, 2.45) is 5.92 Å². The van der Waals surface area contributed by atoms with Crippen molar-refractivity contribution in [2.75, 3.05) is 38.1 Å². The number of nitrogens with zero attached hydrogens (tertiary/aromatic N) is 4. The maximum absolute atomic E-state index is 13.8. The van der Waals surface area contributed by atoms with E-state index in [1.165, 1.54) is 4.57 Å². The first-order chi connectivity index (χ1) is 18.5. The molecule has 1 heterocycles. The normalized spacial score (nSPS) is 16.2. The van der Waals surface area contributed by atoms with Gasteiger partial charge in [-0.05, 0) is 57.1 Å². The molecule has 0 spiro atoms. The van der Waals surface area contributed by atoms with E-state index in [4.69, 9.17) is 16.6 Å². The standard InChI is InChI=1S/C29H36ClF2N5O2/c1-5-11-36(17-21-16-29(21,31)32)13-12-35(4)23-9-10-25-24(15-23)28(39)37(18-26(38)33-19(2)3)27(34-25)20-7-6-8-22(30)14-20/h6-10,14-15,19,21H,5,11-13,16-18H2,1-4H3,(H,33,38). The summed E-state index contributed by atoms with van der Waals surface area (Å²) in [7, 11) is 1.92. The van der Waals surface area contributed by atoms with Crippen LogP contribution in [0.1, 0.15) is 33.6 Å². The average Bonchev–Trinajstić information content (AvgIpc) is 3.48. The van der Waals surface area contributed by atoms with Gasteiger partial charge in [-0.2, -0.15) is 0 Å². The number of anilines is 1. The van der Waals surface area contributed by atoms with Gasteiger partial charge < -0.3 is 15.1 Å². The fourth-order valence-corrected chi connectivity index (χ4v) is 4.95. The number of aromatic nitrogens is 2. The number of amides is 1. The fraction of sp³-hybridized carbons (Fsp3) is 0.483. The monoisotopic (exact) mass is 559 g/mol. The Balaban J connectivity index is 1.62. The van der Waals surface area contributed by atoms with Crippen molar-refractivity contribution >= 4 is 34.1 Å². The molecular weight excluding hydrogens is 524 g/mol. The first kappa shape index (κ1) is 29.0. The molecule has 0 bridgehead atoms. The summed E-state index contributed by atoms with van der Waals surface area (Å²) in [4.78, 5) is 35.3. The van der Waals surface area contributed by atoms with Crippen molar-refractivity contribution in [3.8, 4) is 11.4 Å². The van der Waals surface area contributed by atoms with Gasteiger partial charge in [0.1, 0.15) is 12.4 Å². The molecule has 1 N–H and O–H groups in total. The molecule has 0 saturated heterocycles. The van der Waals surface area contributed by atoms with Gasteiger partial charge in [0.25, 0.3) is 11.5 Å². The van der Waals surface area contributed by atoms with E-state index in [2.05, 4.69) is 10.2 Å². The number of halogens is 3. The van der Waals surface area contributed by atoms with Gasteiger partial charge in [-0.25, -0.2) is 13.8 Å². The Morgan fingerprint density at radius 1 is 1.21 bits per heavy atom. The molecule has 1 aromatic heterocycles. The summed E-state index contributed by atoms with van der Waals surface area (Å²) < 4.78 is 28.3. The summed E-state index contributed by atoms with van der Waals surface area (Å²) in [5.41, 5.74) is 1.63. The van der Waals surface area contributed by atoms with Crippen molar-refractivity contribution in [2.45, 2.75) is 52.1 Å². The van der Waals surface area contributed by atoms with Gasteiger partial charge in [-0.1, -0.05) is 30.7 Å². The Labute approximate surface area is 232 Å². The van der Waals surface area contributed by atoms with Crippen LogP contribution in [0.5, 0.6) is 0 Å². The third-order valence-corrected chi connectivity index (χ3v) is 7.17. The zero-order valence-electron chi connectivity index (χ0n) is 22.9. The van der Waals surface area contributed by atoms with Crippen LogP contribution in [-0.4, -0.2) is 65.5 Å². The number of rotatable bonds is 12. The van der Waals surface area contributed by atoms with Crippen molar-refractivity contribution in [1.29, 1.82) is 0 Å². The van der Waals surface area contributed by atoms with Gasteiger partial charge in [0.05, 0.1) is 10.9 Å². The van der Waals surface area contributed by atoms with E-state index in [0.717, 1.165) is 18.7 Å². The van der Waals surface area contributed by atoms with Crippen molar-refractivity contribution in [3.63, 3.8) is 0 Å². The van der Waals surface area contributed by atoms with Crippen LogP contribution in [0, 0.1) is 5.92 Å². The largest absolute Gasteiger partial charge is 0.373 e. The summed E-state index contributed by atoms with van der Waals surface area (Å²) in [5.74, 6) is -3.01. The number of hydrogen-bond donors (Lipinski definition) is 1. The second-order valence-electron chi connectivity index (χ2n) is 10.6. The van der Waals surface area contributed by atoms with Gasteiger partial charge in [0.2, 0.25) is 5.91 Å². The second-order valence-corrected chi connectivity index (χ2v) is 11.1. The molecule has 1 fully saturated rings. The highest BCUT2D eigenvalue weighted by Gasteiger charge is 2.56. The van der Waals surface area contributed by atoms with Crippen LogP contribution >= 0.6 is 11.6 Å². The van der Waals surface area contributed by atoms with Crippen LogP contribution in [0.2, 0.25) is 5.02 Å². The molecule has 1 aliphatic carbocycles. The van der Waals surface area contributed by atoms with Crippen molar-refractivity contribution in [3.05, 3.63) is 57.8 Å². The van der Waals surface area contributed by atoms with Crippen molar-refractivity contribution < 1.29 is 13.6 Å². The summed E-state index contributed by atoms with van der Waals surface area (Å²) in [6, 6.07) is 12.4. The minimum atomic E-state index is -2.53. The number of carbonyl (C=O) groups excluding carboxylic acids is 1. The Hall–Kier alpha value is -3.04. The lowest BCUT2D eigenvalue weighted by Crippen LogP contribution is -2.37. The third-order valence-electron chi connectivity index (χ3n) is 6.94. The number of carbonyl (C=O) groups is 1. The Kier molecular flexibility index (Phi) is 8.91. The summed E-state index contributed by atoms with van der Waals surface area (Å²) >= 11 is 6.21. The first-order valence-corrected chi connectivity index (χ1v) is 13.8. The number of nitrogens with one attached hydrogen (secondary N) is 1. The molecular formula is C29H36ClF2N5O2. The summed E-state index contributed by atoms with van der Waals surface area (Å²) in [5, 5.41) is 3.73. The highest BCUT2D eigenvalue weighted by molar-refractivity contribution is 6.30. The number of alkyl halides is 2. The van der Waals surface area contributed by atoms with Gasteiger partial charge in [0.15, 0.2) is 0 Å². The maximum atomic E-state index is 13.8. The van der Waals surface area contributed by atoms with Crippen LogP contribution in [0.3, 0.4) is 0 Å². The minimum Gasteiger partial charge on any atom is -0.373 e. The Bertz CT molecular complexity index is 1390. The predicted octanol–water partition coefficient (Wildman–Crippen LogP) is 5.04. The molecule has 7 nitrogen and oxygen atoms in total. The zero-order valence-corrected chi connectivity index (χ0v) is 23.6. The first-order valence-electron chi connectivity index (χ1n) is 13.4. The SMILES string of the molecule is CCCN(CCN(C)c1ccc2nc(-c3cccc(Cl)c3)n(CC(=O)NC(C)C)c(=O)c2c1)CC1CC1(F)F. The number of benzene rings is 2. The minimum absolute atomic E-state index is 0.0284. The Morgan fingerprint density at radius 3 is 2.59 bits per heavy atom. The molecule has 0 radical (unpaired) electrons. The van der Waals surface area contributed by atoms with Crippen LogP contribution in [0.25, 0.3) is 22.3 Å². The Morgan fingerprint density at radius 2 is 1.95 bits per heavy atom. The molecule has 0 aliphatic heterocycles. The van der Waals surface area contributed by atoms with E-state index >= 15 is 0 Å². The van der Waals surface area contributed by atoms with E-state index in [1.807, 2.05) is 38.8 Å². The smallest absolute Gasteiger partial charge is 0.262 e. The summed E-state index contributed by atoms with van der Waals surface area (Å²) in [6.07, 6.45) is 0.863. The topological polar surface area (TPSA) is 70.5 Å². The second kappa shape index (κ2) is 12.0. The van der Waals surface area contributed by atoms with E-state index < -0.39 is 11.8 Å². The molecule has 4 rings (SSSR count). The fourth-order valence-electron chi connectivity index (χ4n) is 4.76. The number of hydrogen-bond acceptors (Lipinski definition) is 5. The molecule has 2 aromatic carbocycles. The van der Waals surface area contributed by atoms with Crippen molar-refractivity contribution in [1.82, 2.24) is 19.8 Å². The van der Waals surface area contributed by atoms with Gasteiger partial charge in [-0.15, -0.1) is 0 Å². The van der Waals surface area contributed by atoms with Crippen LogP contribution in [0.4, 0.5) is 14.5 Å².